The molecule has 0 heterocycles. The van der Waals surface area contributed by atoms with Crippen molar-refractivity contribution < 1.29 is 5.11 Å². The quantitative estimate of drug-likeness (QED) is 0.880. The molecule has 0 bridgehead atoms. The van der Waals surface area contributed by atoms with E-state index >= 15 is 0 Å². The highest BCUT2D eigenvalue weighted by Gasteiger charge is 2.28. The second-order valence-electron chi connectivity index (χ2n) is 5.65. The zero-order valence-corrected chi connectivity index (χ0v) is 12.7. The maximum atomic E-state index is 10.3. The summed E-state index contributed by atoms with van der Waals surface area (Å²) < 4.78 is 0. The number of hydrogen-bond donors (Lipinski definition) is 1. The van der Waals surface area contributed by atoms with Crippen molar-refractivity contribution in [1.29, 1.82) is 0 Å². The van der Waals surface area contributed by atoms with Crippen LogP contribution in [0, 0.1) is 5.92 Å². The maximum absolute atomic E-state index is 10.3. The minimum absolute atomic E-state index is 0.234. The number of likely N-dealkylation sites (N-methyl/N-ethyl adjacent to an activating group) is 1. The van der Waals surface area contributed by atoms with Crippen LogP contribution in [0.4, 0.5) is 0 Å². The van der Waals surface area contributed by atoms with E-state index in [4.69, 9.17) is 11.6 Å². The standard InChI is InChI=1S/C15H24ClNO/c1-11(2)15(4,18)10-17(5)12(3)13-6-8-14(16)9-7-13/h6-9,11-12,18H,10H2,1-5H3. The summed E-state index contributed by atoms with van der Waals surface area (Å²) in [6.45, 7) is 8.76. The number of nitrogens with zero attached hydrogens (tertiary/aromatic N) is 1. The van der Waals surface area contributed by atoms with E-state index < -0.39 is 5.60 Å². The van der Waals surface area contributed by atoms with Crippen molar-refractivity contribution in [1.82, 2.24) is 4.90 Å². The van der Waals surface area contributed by atoms with E-state index in [1.165, 1.54) is 5.56 Å². The molecule has 0 aromatic heterocycles. The summed E-state index contributed by atoms with van der Waals surface area (Å²) in [5.41, 5.74) is 0.538. The molecule has 1 rings (SSSR count). The van der Waals surface area contributed by atoms with Gasteiger partial charge in [0.15, 0.2) is 0 Å². The van der Waals surface area contributed by atoms with Gasteiger partial charge in [-0.3, -0.25) is 4.90 Å². The topological polar surface area (TPSA) is 23.5 Å². The fourth-order valence-corrected chi connectivity index (χ4v) is 1.95. The van der Waals surface area contributed by atoms with Crippen LogP contribution in [0.5, 0.6) is 0 Å². The number of halogens is 1. The molecule has 0 spiro atoms. The smallest absolute Gasteiger partial charge is 0.0768 e. The first-order valence-electron chi connectivity index (χ1n) is 6.42. The molecule has 0 aliphatic carbocycles. The molecular formula is C15H24ClNO. The highest BCUT2D eigenvalue weighted by atomic mass is 35.5. The van der Waals surface area contributed by atoms with Gasteiger partial charge in [0.05, 0.1) is 5.60 Å². The molecule has 1 aromatic carbocycles. The third-order valence-electron chi connectivity index (χ3n) is 3.83. The lowest BCUT2D eigenvalue weighted by atomic mass is 9.91. The van der Waals surface area contributed by atoms with Crippen molar-refractivity contribution in [3.05, 3.63) is 34.9 Å². The van der Waals surface area contributed by atoms with Gasteiger partial charge in [-0.05, 0) is 44.5 Å². The molecule has 0 fully saturated rings. The molecule has 1 N–H and O–H groups in total. The Kier molecular flexibility index (Phi) is 5.20. The average Bonchev–Trinajstić information content (AvgIpc) is 2.28. The fourth-order valence-electron chi connectivity index (χ4n) is 1.82. The highest BCUT2D eigenvalue weighted by molar-refractivity contribution is 6.30. The Morgan fingerprint density at radius 1 is 1.22 bits per heavy atom. The zero-order valence-electron chi connectivity index (χ0n) is 11.9. The van der Waals surface area contributed by atoms with E-state index in [2.05, 4.69) is 11.8 Å². The molecule has 2 nitrogen and oxygen atoms in total. The first-order valence-corrected chi connectivity index (χ1v) is 6.80. The number of benzene rings is 1. The lowest BCUT2D eigenvalue weighted by Gasteiger charge is -2.35. The summed E-state index contributed by atoms with van der Waals surface area (Å²) in [5, 5.41) is 11.1. The van der Waals surface area contributed by atoms with Gasteiger partial charge >= 0.3 is 0 Å². The molecule has 18 heavy (non-hydrogen) atoms. The van der Waals surface area contributed by atoms with Gasteiger partial charge in [0.25, 0.3) is 0 Å². The Morgan fingerprint density at radius 2 is 1.72 bits per heavy atom. The molecule has 0 aliphatic heterocycles. The van der Waals surface area contributed by atoms with Crippen molar-refractivity contribution in [3.8, 4) is 0 Å². The number of hydrogen-bond acceptors (Lipinski definition) is 2. The Morgan fingerprint density at radius 3 is 2.17 bits per heavy atom. The third-order valence-corrected chi connectivity index (χ3v) is 4.08. The molecule has 3 heteroatoms. The van der Waals surface area contributed by atoms with Crippen LogP contribution in [0.25, 0.3) is 0 Å². The molecule has 0 amide bonds. The van der Waals surface area contributed by atoms with Gasteiger partial charge in [-0.25, -0.2) is 0 Å². The summed E-state index contributed by atoms with van der Waals surface area (Å²) in [7, 11) is 2.04. The van der Waals surface area contributed by atoms with Crippen molar-refractivity contribution in [2.45, 2.75) is 39.3 Å². The molecule has 0 saturated carbocycles. The SMILES string of the molecule is CC(c1ccc(Cl)cc1)N(C)CC(C)(O)C(C)C. The Labute approximate surface area is 116 Å². The zero-order chi connectivity index (χ0) is 13.9. The van der Waals surface area contributed by atoms with Crippen molar-refractivity contribution in [2.24, 2.45) is 5.92 Å². The first kappa shape index (κ1) is 15.5. The molecule has 2 unspecified atom stereocenters. The maximum Gasteiger partial charge on any atom is 0.0768 e. The van der Waals surface area contributed by atoms with Crippen LogP contribution in [0.1, 0.15) is 39.3 Å². The van der Waals surface area contributed by atoms with Gasteiger partial charge in [-0.2, -0.15) is 0 Å². The number of aliphatic hydroxyl groups is 1. The van der Waals surface area contributed by atoms with E-state index in [-0.39, 0.29) is 12.0 Å². The predicted molar refractivity (Wildman–Crippen MR) is 78.0 cm³/mol. The Balaban J connectivity index is 2.72. The number of rotatable bonds is 5. The minimum atomic E-state index is -0.671. The van der Waals surface area contributed by atoms with Gasteiger partial charge in [0.2, 0.25) is 0 Å². The normalized spacial score (nSPS) is 16.9. The second-order valence-corrected chi connectivity index (χ2v) is 6.09. The molecule has 0 saturated heterocycles. The van der Waals surface area contributed by atoms with Crippen LogP contribution in [0.3, 0.4) is 0 Å². The Hall–Kier alpha value is -0.570. The summed E-state index contributed by atoms with van der Waals surface area (Å²) in [6.07, 6.45) is 0. The van der Waals surface area contributed by atoms with Crippen LogP contribution in [0.2, 0.25) is 5.02 Å². The van der Waals surface area contributed by atoms with E-state index in [1.54, 1.807) is 0 Å². The molecule has 2 atom stereocenters. The van der Waals surface area contributed by atoms with Crippen LogP contribution in [-0.2, 0) is 0 Å². The first-order chi connectivity index (χ1) is 8.24. The molecular weight excluding hydrogens is 246 g/mol. The highest BCUT2D eigenvalue weighted by Crippen LogP contribution is 2.24. The minimum Gasteiger partial charge on any atom is -0.389 e. The van der Waals surface area contributed by atoms with Crippen LogP contribution >= 0.6 is 11.6 Å². The van der Waals surface area contributed by atoms with Gasteiger partial charge in [0.1, 0.15) is 0 Å². The van der Waals surface area contributed by atoms with E-state index in [0.29, 0.717) is 6.54 Å². The van der Waals surface area contributed by atoms with Crippen molar-refractivity contribution in [3.63, 3.8) is 0 Å². The summed E-state index contributed by atoms with van der Waals surface area (Å²) in [4.78, 5) is 2.17. The lowest BCUT2D eigenvalue weighted by Crippen LogP contribution is -2.43. The van der Waals surface area contributed by atoms with Crippen LogP contribution < -0.4 is 0 Å². The predicted octanol–water partition coefficient (Wildman–Crippen LogP) is 3.74. The third kappa shape index (κ3) is 3.98. The van der Waals surface area contributed by atoms with Crippen molar-refractivity contribution >= 4 is 11.6 Å². The lowest BCUT2D eigenvalue weighted by molar-refractivity contribution is -0.0208. The average molecular weight is 270 g/mol. The van der Waals surface area contributed by atoms with Crippen molar-refractivity contribution in [2.75, 3.05) is 13.6 Å². The van der Waals surface area contributed by atoms with Crippen LogP contribution in [-0.4, -0.2) is 29.2 Å². The van der Waals surface area contributed by atoms with E-state index in [1.807, 2.05) is 52.1 Å². The Bertz CT molecular complexity index is 373. The molecule has 0 radical (unpaired) electrons. The van der Waals surface area contributed by atoms with Gasteiger partial charge in [0, 0.05) is 17.6 Å². The molecule has 102 valence electrons. The van der Waals surface area contributed by atoms with E-state index in [0.717, 1.165) is 5.02 Å². The van der Waals surface area contributed by atoms with Gasteiger partial charge in [-0.1, -0.05) is 37.6 Å². The van der Waals surface area contributed by atoms with Crippen LogP contribution in [0.15, 0.2) is 24.3 Å². The van der Waals surface area contributed by atoms with Gasteiger partial charge in [-0.15, -0.1) is 0 Å². The molecule has 1 aromatic rings. The van der Waals surface area contributed by atoms with E-state index in [9.17, 15) is 5.11 Å². The van der Waals surface area contributed by atoms with Gasteiger partial charge < -0.3 is 5.11 Å². The molecule has 0 aliphatic rings. The monoisotopic (exact) mass is 269 g/mol. The summed E-state index contributed by atoms with van der Waals surface area (Å²) in [5.74, 6) is 0.234. The summed E-state index contributed by atoms with van der Waals surface area (Å²) in [6, 6.07) is 8.14. The fraction of sp³-hybridized carbons (Fsp3) is 0.600. The largest absolute Gasteiger partial charge is 0.389 e. The second kappa shape index (κ2) is 6.05. The summed E-state index contributed by atoms with van der Waals surface area (Å²) >= 11 is 5.89.